The van der Waals surface area contributed by atoms with Gasteiger partial charge in [0.2, 0.25) is 5.91 Å². The van der Waals surface area contributed by atoms with Crippen molar-refractivity contribution in [3.8, 4) is 11.3 Å². The van der Waals surface area contributed by atoms with E-state index in [0.717, 1.165) is 5.69 Å². The molecule has 3 heterocycles. The number of hydrogen-bond donors (Lipinski definition) is 3. The molecule has 0 radical (unpaired) electrons. The summed E-state index contributed by atoms with van der Waals surface area (Å²) in [6.07, 6.45) is 0.0507. The zero-order valence-corrected chi connectivity index (χ0v) is 18.3. The van der Waals surface area contributed by atoms with E-state index >= 15 is 0 Å². The monoisotopic (exact) mass is 463 g/mol. The molecule has 1 aliphatic carbocycles. The molecule has 1 aliphatic heterocycles. The number of alkyl halides is 1. The number of ether oxygens (including phenoxy) is 1. The molecule has 2 aromatic heterocycles. The summed E-state index contributed by atoms with van der Waals surface area (Å²) in [6, 6.07) is 12.8. The number of aromatic amines is 1. The molecule has 2 amide bonds. The molecule has 0 spiro atoms. The summed E-state index contributed by atoms with van der Waals surface area (Å²) in [4.78, 5) is 46.1. The molecule has 0 unspecified atom stereocenters. The van der Waals surface area contributed by atoms with Crippen LogP contribution < -0.4 is 10.6 Å². The van der Waals surface area contributed by atoms with Crippen LogP contribution in [0, 0.1) is 5.92 Å². The maximum Gasteiger partial charge on any atom is 0.410 e. The molecular weight excluding hydrogens is 441 g/mol. The van der Waals surface area contributed by atoms with Crippen LogP contribution in [-0.4, -0.2) is 52.5 Å². The fourth-order valence-corrected chi connectivity index (χ4v) is 4.05. The summed E-state index contributed by atoms with van der Waals surface area (Å²) in [7, 11) is 1.27. The number of methoxy groups -OCH3 is 1. The Morgan fingerprint density at radius 2 is 1.97 bits per heavy atom. The smallest absolute Gasteiger partial charge is 0.410 e. The topological polar surface area (TPSA) is 116 Å². The normalized spacial score (nSPS) is 18.8. The second-order valence-electron chi connectivity index (χ2n) is 8.25. The standard InChI is InChI=1S/C24H22FN5O4/c1-34-24(33)30-11-17-20(18(31)12-30)22(27-14-5-3-2-4-6-14)21(28-17)13-7-8-26-19(9-13)29-23(32)15-10-16(15)25/h2-9,15-16,27-28H,10-12H2,1H3,(H,26,29,32)/t15-,16-/m1/s1. The first-order valence-corrected chi connectivity index (χ1v) is 10.8. The number of carbonyl (C=O) groups is 3. The summed E-state index contributed by atoms with van der Waals surface area (Å²) >= 11 is 0. The van der Waals surface area contributed by atoms with Crippen LogP contribution in [0.25, 0.3) is 11.3 Å². The Labute approximate surface area is 194 Å². The molecule has 0 bridgehead atoms. The van der Waals surface area contributed by atoms with Crippen molar-refractivity contribution >= 4 is 35.0 Å². The molecule has 2 aliphatic rings. The van der Waals surface area contributed by atoms with Crippen LogP contribution >= 0.6 is 0 Å². The summed E-state index contributed by atoms with van der Waals surface area (Å²) in [5.74, 6) is -1.00. The van der Waals surface area contributed by atoms with Crippen molar-refractivity contribution in [3.05, 3.63) is 59.9 Å². The number of Topliss-reactive ketones (excluding diaryl/α,β-unsaturated/α-hetero) is 1. The minimum Gasteiger partial charge on any atom is -0.453 e. The highest BCUT2D eigenvalue weighted by Gasteiger charge is 2.43. The number of carbonyl (C=O) groups excluding carboxylic acids is 3. The van der Waals surface area contributed by atoms with Crippen molar-refractivity contribution in [2.75, 3.05) is 24.3 Å². The van der Waals surface area contributed by atoms with Crippen molar-refractivity contribution in [1.29, 1.82) is 0 Å². The molecule has 34 heavy (non-hydrogen) atoms. The number of hydrogen-bond acceptors (Lipinski definition) is 6. The number of fused-ring (bicyclic) bond motifs is 1. The Morgan fingerprint density at radius 1 is 1.21 bits per heavy atom. The lowest BCUT2D eigenvalue weighted by molar-refractivity contribution is -0.117. The van der Waals surface area contributed by atoms with Gasteiger partial charge < -0.3 is 20.4 Å². The van der Waals surface area contributed by atoms with E-state index in [9.17, 15) is 18.8 Å². The van der Waals surface area contributed by atoms with Gasteiger partial charge in [0.25, 0.3) is 0 Å². The molecule has 3 aromatic rings. The van der Waals surface area contributed by atoms with E-state index in [4.69, 9.17) is 4.74 Å². The quantitative estimate of drug-likeness (QED) is 0.529. The van der Waals surface area contributed by atoms with Crippen molar-refractivity contribution in [2.24, 2.45) is 5.92 Å². The largest absolute Gasteiger partial charge is 0.453 e. The van der Waals surface area contributed by atoms with Crippen LogP contribution in [0.3, 0.4) is 0 Å². The van der Waals surface area contributed by atoms with Gasteiger partial charge in [0.1, 0.15) is 12.0 Å². The van der Waals surface area contributed by atoms with Gasteiger partial charge in [0, 0.05) is 23.1 Å². The minimum absolute atomic E-state index is 0.107. The van der Waals surface area contributed by atoms with Gasteiger partial charge in [-0.15, -0.1) is 0 Å². The minimum atomic E-state index is -1.11. The maximum atomic E-state index is 13.3. The molecule has 1 saturated carbocycles. The predicted molar refractivity (Wildman–Crippen MR) is 123 cm³/mol. The van der Waals surface area contributed by atoms with Gasteiger partial charge in [-0.25, -0.2) is 14.2 Å². The third-order valence-electron chi connectivity index (χ3n) is 5.87. The highest BCUT2D eigenvalue weighted by atomic mass is 19.1. The van der Waals surface area contributed by atoms with Gasteiger partial charge in [-0.05, 0) is 30.7 Å². The van der Waals surface area contributed by atoms with Gasteiger partial charge in [-0.2, -0.15) is 0 Å². The fraction of sp³-hybridized carbons (Fsp3) is 0.250. The Kier molecular flexibility index (Phi) is 5.48. The van der Waals surface area contributed by atoms with Crippen LogP contribution in [0.1, 0.15) is 22.5 Å². The average molecular weight is 463 g/mol. The molecular formula is C24H22FN5O4. The van der Waals surface area contributed by atoms with E-state index in [0.29, 0.717) is 28.2 Å². The van der Waals surface area contributed by atoms with Gasteiger partial charge in [-0.3, -0.25) is 14.5 Å². The second kappa shape index (κ2) is 8.62. The first-order valence-electron chi connectivity index (χ1n) is 10.8. The lowest BCUT2D eigenvalue weighted by Crippen LogP contribution is -2.39. The van der Waals surface area contributed by atoms with E-state index in [1.54, 1.807) is 12.1 Å². The fourth-order valence-electron chi connectivity index (χ4n) is 4.05. The van der Waals surface area contributed by atoms with E-state index < -0.39 is 24.1 Å². The molecule has 174 valence electrons. The Balaban J connectivity index is 1.54. The first kappa shape index (κ1) is 21.6. The second-order valence-corrected chi connectivity index (χ2v) is 8.25. The molecule has 9 nitrogen and oxygen atoms in total. The van der Waals surface area contributed by atoms with Crippen molar-refractivity contribution in [1.82, 2.24) is 14.9 Å². The number of rotatable bonds is 5. The summed E-state index contributed by atoms with van der Waals surface area (Å²) in [6.45, 7) is 0.0648. The summed E-state index contributed by atoms with van der Waals surface area (Å²) < 4.78 is 18.0. The Bertz CT molecular complexity index is 1280. The van der Waals surface area contributed by atoms with Gasteiger partial charge in [0.15, 0.2) is 5.78 Å². The number of para-hydroxylation sites is 1. The molecule has 1 fully saturated rings. The van der Waals surface area contributed by atoms with E-state index in [-0.39, 0.29) is 31.1 Å². The van der Waals surface area contributed by atoms with Crippen LogP contribution in [0.15, 0.2) is 48.7 Å². The molecule has 5 rings (SSSR count). The molecule has 2 atom stereocenters. The zero-order valence-electron chi connectivity index (χ0n) is 18.3. The van der Waals surface area contributed by atoms with E-state index in [2.05, 4.69) is 20.6 Å². The lowest BCUT2D eigenvalue weighted by atomic mass is 10.0. The van der Waals surface area contributed by atoms with Crippen LogP contribution in [0.2, 0.25) is 0 Å². The molecule has 0 saturated heterocycles. The number of nitrogens with zero attached hydrogens (tertiary/aromatic N) is 2. The molecule has 1 aromatic carbocycles. The highest BCUT2D eigenvalue weighted by molar-refractivity contribution is 6.09. The zero-order chi connectivity index (χ0) is 23.8. The van der Waals surface area contributed by atoms with Crippen molar-refractivity contribution < 1.29 is 23.5 Å². The lowest BCUT2D eigenvalue weighted by Gasteiger charge is -2.25. The molecule has 3 N–H and O–H groups in total. The highest BCUT2D eigenvalue weighted by Crippen LogP contribution is 2.39. The number of halogens is 1. The number of nitrogens with one attached hydrogen (secondary N) is 3. The average Bonchev–Trinajstić information content (AvgIpc) is 3.47. The third kappa shape index (κ3) is 4.09. The first-order chi connectivity index (χ1) is 16.4. The van der Waals surface area contributed by atoms with Gasteiger partial charge in [-0.1, -0.05) is 18.2 Å². The van der Waals surface area contributed by atoms with Gasteiger partial charge >= 0.3 is 6.09 Å². The summed E-state index contributed by atoms with van der Waals surface area (Å²) in [5, 5.41) is 5.97. The van der Waals surface area contributed by atoms with E-state index in [1.807, 2.05) is 30.3 Å². The Morgan fingerprint density at radius 3 is 2.68 bits per heavy atom. The number of ketones is 1. The number of aromatic nitrogens is 2. The number of pyridine rings is 1. The van der Waals surface area contributed by atoms with Crippen LogP contribution in [-0.2, 0) is 16.1 Å². The number of benzene rings is 1. The third-order valence-corrected chi connectivity index (χ3v) is 5.87. The summed E-state index contributed by atoms with van der Waals surface area (Å²) in [5.41, 5.74) is 3.62. The number of amides is 2. The predicted octanol–water partition coefficient (Wildman–Crippen LogP) is 3.88. The van der Waals surface area contributed by atoms with E-state index in [1.165, 1.54) is 18.2 Å². The van der Waals surface area contributed by atoms with Crippen molar-refractivity contribution in [2.45, 2.75) is 19.1 Å². The van der Waals surface area contributed by atoms with Crippen molar-refractivity contribution in [3.63, 3.8) is 0 Å². The Hall–Kier alpha value is -4.21. The van der Waals surface area contributed by atoms with Gasteiger partial charge in [0.05, 0.1) is 43.1 Å². The van der Waals surface area contributed by atoms with Crippen LogP contribution in [0.5, 0.6) is 0 Å². The molecule has 10 heteroatoms. The van der Waals surface area contributed by atoms with Crippen LogP contribution in [0.4, 0.5) is 26.4 Å². The SMILES string of the molecule is COC(=O)N1CC(=O)c2c([nH]c(-c3ccnc(NC(=O)[C@@H]4C[C@H]4F)c3)c2Nc2ccccc2)C1. The maximum absolute atomic E-state index is 13.3. The number of H-pyrrole nitrogens is 1. The number of anilines is 3.